The van der Waals surface area contributed by atoms with Gasteiger partial charge in [-0.2, -0.15) is 0 Å². The summed E-state index contributed by atoms with van der Waals surface area (Å²) in [5.74, 6) is 1.03. The second kappa shape index (κ2) is 10.3. The number of unbranched alkanes of at least 4 members (excludes halogenated alkanes) is 3. The molecule has 29 heavy (non-hydrogen) atoms. The van der Waals surface area contributed by atoms with Crippen molar-refractivity contribution in [1.82, 2.24) is 9.97 Å². The van der Waals surface area contributed by atoms with Crippen LogP contribution in [0, 0.1) is 0 Å². The summed E-state index contributed by atoms with van der Waals surface area (Å²) in [5, 5.41) is 3.67. The molecule has 0 bridgehead atoms. The summed E-state index contributed by atoms with van der Waals surface area (Å²) in [5.41, 5.74) is 1.27. The number of H-pyrrole nitrogens is 1. The number of nitrogens with one attached hydrogen (secondary N) is 2. The zero-order chi connectivity index (χ0) is 20.5. The van der Waals surface area contributed by atoms with Crippen LogP contribution in [0.1, 0.15) is 32.1 Å². The van der Waals surface area contributed by atoms with E-state index in [9.17, 15) is 9.59 Å². The highest BCUT2D eigenvalue weighted by Gasteiger charge is 2.04. The first-order chi connectivity index (χ1) is 14.2. The van der Waals surface area contributed by atoms with Crippen LogP contribution in [0.4, 0.5) is 11.6 Å². The van der Waals surface area contributed by atoms with Gasteiger partial charge in [-0.1, -0.05) is 25.0 Å². The Balaban J connectivity index is 1.45. The average Bonchev–Trinajstić information content (AvgIpc) is 2.74. The predicted molar refractivity (Wildman–Crippen MR) is 113 cm³/mol. The predicted octanol–water partition coefficient (Wildman–Crippen LogP) is 4.17. The number of esters is 1. The van der Waals surface area contributed by atoms with Gasteiger partial charge < -0.3 is 14.8 Å². The Labute approximate surface area is 169 Å². The van der Waals surface area contributed by atoms with E-state index in [0.717, 1.165) is 37.1 Å². The van der Waals surface area contributed by atoms with E-state index in [2.05, 4.69) is 20.0 Å². The van der Waals surface area contributed by atoms with Crippen molar-refractivity contribution in [2.75, 3.05) is 19.0 Å². The molecule has 0 aliphatic heterocycles. The summed E-state index contributed by atoms with van der Waals surface area (Å²) in [4.78, 5) is 30.3. The number of carbonyl (C=O) groups excluding carboxylic acids is 1. The molecule has 0 aliphatic rings. The SMILES string of the molecule is COC(=O)CCCCCCOc1ccc(Nc2nc3ccccc3c(=O)[nH]2)cc1. The molecule has 0 atom stereocenters. The Morgan fingerprint density at radius 3 is 2.59 bits per heavy atom. The van der Waals surface area contributed by atoms with E-state index in [0.29, 0.717) is 29.9 Å². The molecule has 1 heterocycles. The third kappa shape index (κ3) is 6.07. The molecule has 3 aromatic rings. The van der Waals surface area contributed by atoms with E-state index in [1.807, 2.05) is 42.5 Å². The first-order valence-corrected chi connectivity index (χ1v) is 9.71. The van der Waals surface area contributed by atoms with E-state index < -0.39 is 0 Å². The third-order valence-electron chi connectivity index (χ3n) is 4.50. The maximum absolute atomic E-state index is 12.1. The summed E-state index contributed by atoms with van der Waals surface area (Å²) in [6.07, 6.45) is 4.25. The quantitative estimate of drug-likeness (QED) is 0.395. The van der Waals surface area contributed by atoms with Gasteiger partial charge in [-0.05, 0) is 49.2 Å². The van der Waals surface area contributed by atoms with Crippen molar-refractivity contribution < 1.29 is 14.3 Å². The summed E-state index contributed by atoms with van der Waals surface area (Å²) in [6.45, 7) is 0.630. The fourth-order valence-corrected chi connectivity index (χ4v) is 2.93. The lowest BCUT2D eigenvalue weighted by Gasteiger charge is -2.09. The van der Waals surface area contributed by atoms with E-state index in [-0.39, 0.29) is 11.5 Å². The Hall–Kier alpha value is -3.35. The van der Waals surface area contributed by atoms with Crippen LogP contribution in [-0.2, 0) is 9.53 Å². The van der Waals surface area contributed by atoms with Crippen LogP contribution in [0.5, 0.6) is 5.75 Å². The molecule has 7 heteroatoms. The molecule has 2 aromatic carbocycles. The summed E-state index contributed by atoms with van der Waals surface area (Å²) >= 11 is 0. The van der Waals surface area contributed by atoms with E-state index >= 15 is 0 Å². The number of carbonyl (C=O) groups is 1. The molecular formula is C22H25N3O4. The first-order valence-electron chi connectivity index (χ1n) is 9.71. The van der Waals surface area contributed by atoms with Gasteiger partial charge in [-0.25, -0.2) is 4.98 Å². The maximum Gasteiger partial charge on any atom is 0.305 e. The van der Waals surface area contributed by atoms with Gasteiger partial charge in [-0.15, -0.1) is 0 Å². The monoisotopic (exact) mass is 395 g/mol. The van der Waals surface area contributed by atoms with Crippen molar-refractivity contribution in [1.29, 1.82) is 0 Å². The molecule has 0 saturated carbocycles. The lowest BCUT2D eigenvalue weighted by molar-refractivity contribution is -0.140. The Bertz CT molecular complexity index is 999. The molecule has 0 unspecified atom stereocenters. The Morgan fingerprint density at radius 1 is 1.03 bits per heavy atom. The van der Waals surface area contributed by atoms with Crippen molar-refractivity contribution in [3.8, 4) is 5.75 Å². The zero-order valence-corrected chi connectivity index (χ0v) is 16.4. The summed E-state index contributed by atoms with van der Waals surface area (Å²) in [6, 6.07) is 14.7. The van der Waals surface area contributed by atoms with Crippen molar-refractivity contribution in [3.05, 3.63) is 58.9 Å². The van der Waals surface area contributed by atoms with Crippen LogP contribution >= 0.6 is 0 Å². The molecule has 0 amide bonds. The van der Waals surface area contributed by atoms with Crippen molar-refractivity contribution >= 4 is 28.5 Å². The highest BCUT2D eigenvalue weighted by Crippen LogP contribution is 2.19. The zero-order valence-electron chi connectivity index (χ0n) is 16.4. The molecule has 7 nitrogen and oxygen atoms in total. The minimum atomic E-state index is -0.176. The smallest absolute Gasteiger partial charge is 0.305 e. The van der Waals surface area contributed by atoms with Gasteiger partial charge in [0.25, 0.3) is 5.56 Å². The largest absolute Gasteiger partial charge is 0.494 e. The van der Waals surface area contributed by atoms with Crippen molar-refractivity contribution in [2.45, 2.75) is 32.1 Å². The van der Waals surface area contributed by atoms with Gasteiger partial charge in [0, 0.05) is 12.1 Å². The molecule has 0 spiro atoms. The number of rotatable bonds is 10. The number of hydrogen-bond acceptors (Lipinski definition) is 6. The van der Waals surface area contributed by atoms with E-state index in [4.69, 9.17) is 4.74 Å². The molecule has 0 saturated heterocycles. The van der Waals surface area contributed by atoms with Crippen molar-refractivity contribution in [2.24, 2.45) is 0 Å². The molecule has 0 aliphatic carbocycles. The number of aromatic nitrogens is 2. The highest BCUT2D eigenvalue weighted by atomic mass is 16.5. The minimum Gasteiger partial charge on any atom is -0.494 e. The molecule has 0 fully saturated rings. The Kier molecular flexibility index (Phi) is 7.22. The fourth-order valence-electron chi connectivity index (χ4n) is 2.93. The number of para-hydroxylation sites is 1. The lowest BCUT2D eigenvalue weighted by Crippen LogP contribution is -2.11. The van der Waals surface area contributed by atoms with Gasteiger partial charge >= 0.3 is 5.97 Å². The van der Waals surface area contributed by atoms with Gasteiger partial charge in [0.05, 0.1) is 24.6 Å². The van der Waals surface area contributed by atoms with Crippen LogP contribution in [0.3, 0.4) is 0 Å². The molecule has 3 rings (SSSR count). The number of nitrogens with zero attached hydrogens (tertiary/aromatic N) is 1. The molecule has 2 N–H and O–H groups in total. The summed E-state index contributed by atoms with van der Waals surface area (Å²) < 4.78 is 10.4. The normalized spacial score (nSPS) is 10.7. The topological polar surface area (TPSA) is 93.3 Å². The lowest BCUT2D eigenvalue weighted by atomic mass is 10.1. The standard InChI is InChI=1S/C22H25N3O4/c1-28-20(26)10-4-2-3-7-15-29-17-13-11-16(12-14-17)23-22-24-19-9-6-5-8-18(19)21(27)25-22/h5-6,8-9,11-14H,2-4,7,10,15H2,1H3,(H2,23,24,25,27). The number of benzene rings is 2. The van der Waals surface area contributed by atoms with E-state index in [1.54, 1.807) is 6.07 Å². The third-order valence-corrected chi connectivity index (χ3v) is 4.50. The number of hydrogen-bond donors (Lipinski definition) is 2. The van der Waals surface area contributed by atoms with Crippen LogP contribution in [0.15, 0.2) is 53.3 Å². The Morgan fingerprint density at radius 2 is 1.79 bits per heavy atom. The maximum atomic E-state index is 12.1. The van der Waals surface area contributed by atoms with Crippen molar-refractivity contribution in [3.63, 3.8) is 0 Å². The average molecular weight is 395 g/mol. The number of anilines is 2. The van der Waals surface area contributed by atoms with Gasteiger partial charge in [0.1, 0.15) is 5.75 Å². The highest BCUT2D eigenvalue weighted by molar-refractivity contribution is 5.78. The second-order valence-electron chi connectivity index (χ2n) is 6.67. The van der Waals surface area contributed by atoms with Crippen LogP contribution in [0.2, 0.25) is 0 Å². The molecular weight excluding hydrogens is 370 g/mol. The van der Waals surface area contributed by atoms with Gasteiger partial charge in [0.15, 0.2) is 0 Å². The van der Waals surface area contributed by atoms with Crippen LogP contribution < -0.4 is 15.6 Å². The molecule has 152 valence electrons. The number of fused-ring (bicyclic) bond motifs is 1. The summed E-state index contributed by atoms with van der Waals surface area (Å²) in [7, 11) is 1.41. The number of ether oxygens (including phenoxy) is 2. The van der Waals surface area contributed by atoms with Crippen LogP contribution in [0.25, 0.3) is 10.9 Å². The number of aromatic amines is 1. The fraction of sp³-hybridized carbons (Fsp3) is 0.318. The molecule has 0 radical (unpaired) electrons. The van der Waals surface area contributed by atoms with Crippen LogP contribution in [-0.4, -0.2) is 29.7 Å². The second-order valence-corrected chi connectivity index (χ2v) is 6.67. The van der Waals surface area contributed by atoms with E-state index in [1.165, 1.54) is 7.11 Å². The van der Waals surface area contributed by atoms with Gasteiger partial charge in [0.2, 0.25) is 5.95 Å². The molecule has 1 aromatic heterocycles. The number of methoxy groups -OCH3 is 1. The van der Waals surface area contributed by atoms with Gasteiger partial charge in [-0.3, -0.25) is 14.6 Å². The minimum absolute atomic E-state index is 0.155. The first kappa shape index (κ1) is 20.4.